The van der Waals surface area contributed by atoms with Gasteiger partial charge in [0.15, 0.2) is 6.61 Å². The fourth-order valence-electron chi connectivity index (χ4n) is 1.51. The number of carbonyl (C=O) groups excluding carboxylic acids is 1. The van der Waals surface area contributed by atoms with Crippen LogP contribution in [0.2, 0.25) is 5.02 Å². The predicted octanol–water partition coefficient (Wildman–Crippen LogP) is 4.40. The summed E-state index contributed by atoms with van der Waals surface area (Å²) in [6.45, 7) is -0.383. The van der Waals surface area contributed by atoms with Gasteiger partial charge in [-0.25, -0.2) is 8.78 Å². The molecule has 7 heteroatoms. The maximum Gasteiger partial charge on any atom is 0.262 e. The summed E-state index contributed by atoms with van der Waals surface area (Å²) >= 11 is 9.14. The van der Waals surface area contributed by atoms with E-state index in [1.807, 2.05) is 0 Å². The Labute approximate surface area is 133 Å². The van der Waals surface area contributed by atoms with Crippen LogP contribution in [-0.2, 0) is 4.79 Å². The lowest BCUT2D eigenvalue weighted by Gasteiger charge is -2.09. The van der Waals surface area contributed by atoms with Crippen molar-refractivity contribution in [1.29, 1.82) is 0 Å². The highest BCUT2D eigenvalue weighted by Gasteiger charge is 2.10. The van der Waals surface area contributed by atoms with E-state index in [1.54, 1.807) is 18.2 Å². The smallest absolute Gasteiger partial charge is 0.262 e. The SMILES string of the molecule is O=C(COc1cc(Br)ccc1Cl)Nc1cc(F)ccc1F. The molecule has 0 radical (unpaired) electrons. The average molecular weight is 377 g/mol. The highest BCUT2D eigenvalue weighted by Crippen LogP contribution is 2.27. The predicted molar refractivity (Wildman–Crippen MR) is 79.6 cm³/mol. The molecular formula is C14H9BrClF2NO2. The third-order valence-electron chi connectivity index (χ3n) is 2.45. The number of ether oxygens (including phenoxy) is 1. The summed E-state index contributed by atoms with van der Waals surface area (Å²) in [6, 6.07) is 7.69. The molecule has 0 fully saturated rings. The van der Waals surface area contributed by atoms with Crippen molar-refractivity contribution in [3.05, 3.63) is 57.5 Å². The van der Waals surface area contributed by atoms with Crippen LogP contribution in [0.3, 0.4) is 0 Å². The Morgan fingerprint density at radius 3 is 2.76 bits per heavy atom. The molecule has 1 N–H and O–H groups in total. The first kappa shape index (κ1) is 15.7. The Kier molecular flexibility index (Phi) is 5.14. The topological polar surface area (TPSA) is 38.3 Å². The van der Waals surface area contributed by atoms with Crippen molar-refractivity contribution in [3.63, 3.8) is 0 Å². The molecule has 1 amide bonds. The quantitative estimate of drug-likeness (QED) is 0.859. The summed E-state index contributed by atoms with van der Waals surface area (Å²) in [6.07, 6.45) is 0. The molecule has 2 aromatic carbocycles. The largest absolute Gasteiger partial charge is 0.482 e. The van der Waals surface area contributed by atoms with Crippen LogP contribution in [0, 0.1) is 11.6 Å². The molecule has 0 heterocycles. The van der Waals surface area contributed by atoms with Gasteiger partial charge in [-0.2, -0.15) is 0 Å². The Morgan fingerprint density at radius 1 is 1.24 bits per heavy atom. The molecule has 0 bridgehead atoms. The van der Waals surface area contributed by atoms with Gasteiger partial charge in [0.25, 0.3) is 5.91 Å². The van der Waals surface area contributed by atoms with E-state index >= 15 is 0 Å². The van der Waals surface area contributed by atoms with Crippen molar-refractivity contribution < 1.29 is 18.3 Å². The lowest BCUT2D eigenvalue weighted by molar-refractivity contribution is -0.118. The maximum atomic E-state index is 13.4. The van der Waals surface area contributed by atoms with Crippen LogP contribution in [0.15, 0.2) is 40.9 Å². The van der Waals surface area contributed by atoms with E-state index in [1.165, 1.54) is 0 Å². The summed E-state index contributed by atoms with van der Waals surface area (Å²) < 4.78 is 32.3. The zero-order valence-electron chi connectivity index (χ0n) is 10.5. The van der Waals surface area contributed by atoms with Crippen LogP contribution in [0.4, 0.5) is 14.5 Å². The minimum absolute atomic E-state index is 0.246. The molecular weight excluding hydrogens is 368 g/mol. The van der Waals surface area contributed by atoms with Crippen molar-refractivity contribution in [3.8, 4) is 5.75 Å². The molecule has 0 aliphatic carbocycles. The maximum absolute atomic E-state index is 13.4. The number of nitrogens with one attached hydrogen (secondary N) is 1. The molecule has 0 spiro atoms. The number of halogens is 4. The molecule has 110 valence electrons. The van der Waals surface area contributed by atoms with Gasteiger partial charge in [-0.15, -0.1) is 0 Å². The number of anilines is 1. The first-order valence-corrected chi connectivity index (χ1v) is 6.95. The Balaban J connectivity index is 1.99. The number of hydrogen-bond acceptors (Lipinski definition) is 2. The van der Waals surface area contributed by atoms with Gasteiger partial charge in [-0.05, 0) is 30.3 Å². The monoisotopic (exact) mass is 375 g/mol. The van der Waals surface area contributed by atoms with Crippen molar-refractivity contribution >= 4 is 39.1 Å². The molecule has 21 heavy (non-hydrogen) atoms. The van der Waals surface area contributed by atoms with E-state index in [2.05, 4.69) is 21.2 Å². The molecule has 0 saturated heterocycles. The molecule has 0 aliphatic rings. The highest BCUT2D eigenvalue weighted by atomic mass is 79.9. The molecule has 0 saturated carbocycles. The van der Waals surface area contributed by atoms with Gasteiger partial charge in [0.2, 0.25) is 0 Å². The van der Waals surface area contributed by atoms with E-state index in [-0.39, 0.29) is 12.3 Å². The lowest BCUT2D eigenvalue weighted by atomic mass is 10.3. The van der Waals surface area contributed by atoms with E-state index in [9.17, 15) is 13.6 Å². The minimum atomic E-state index is -0.731. The first-order chi connectivity index (χ1) is 9.95. The number of amides is 1. The van der Waals surface area contributed by atoms with E-state index in [4.69, 9.17) is 16.3 Å². The standard InChI is InChI=1S/C14H9BrClF2NO2/c15-8-1-3-10(16)13(5-8)21-7-14(20)19-12-6-9(17)2-4-11(12)18/h1-6H,7H2,(H,19,20). The third kappa shape index (κ3) is 4.41. The second-order valence-electron chi connectivity index (χ2n) is 4.04. The summed E-state index contributed by atoms with van der Waals surface area (Å²) in [5, 5.41) is 2.56. The Bertz CT molecular complexity index is 682. The van der Waals surface area contributed by atoms with Gasteiger partial charge >= 0.3 is 0 Å². The van der Waals surface area contributed by atoms with Crippen molar-refractivity contribution in [1.82, 2.24) is 0 Å². The summed E-state index contributed by atoms with van der Waals surface area (Å²) in [5.74, 6) is -1.70. The summed E-state index contributed by atoms with van der Waals surface area (Å²) in [4.78, 5) is 11.7. The van der Waals surface area contributed by atoms with Gasteiger partial charge in [0, 0.05) is 10.5 Å². The fraction of sp³-hybridized carbons (Fsp3) is 0.0714. The lowest BCUT2D eigenvalue weighted by Crippen LogP contribution is -2.21. The number of hydrogen-bond donors (Lipinski definition) is 1. The Morgan fingerprint density at radius 2 is 2.00 bits per heavy atom. The molecule has 2 aromatic rings. The van der Waals surface area contributed by atoms with Crippen molar-refractivity contribution in [2.45, 2.75) is 0 Å². The van der Waals surface area contributed by atoms with Crippen LogP contribution >= 0.6 is 27.5 Å². The van der Waals surface area contributed by atoms with E-state index in [0.29, 0.717) is 10.8 Å². The Hall–Kier alpha value is -1.66. The minimum Gasteiger partial charge on any atom is -0.482 e. The van der Waals surface area contributed by atoms with Gasteiger partial charge < -0.3 is 10.1 Å². The van der Waals surface area contributed by atoms with Crippen LogP contribution in [-0.4, -0.2) is 12.5 Å². The van der Waals surface area contributed by atoms with Gasteiger partial charge in [-0.1, -0.05) is 27.5 Å². The van der Waals surface area contributed by atoms with Crippen LogP contribution in [0.25, 0.3) is 0 Å². The van der Waals surface area contributed by atoms with Gasteiger partial charge in [-0.3, -0.25) is 4.79 Å². The molecule has 0 aromatic heterocycles. The van der Waals surface area contributed by atoms with Crippen LogP contribution in [0.5, 0.6) is 5.75 Å². The van der Waals surface area contributed by atoms with E-state index < -0.39 is 17.5 Å². The summed E-state index contributed by atoms with van der Waals surface area (Å²) in [7, 11) is 0. The zero-order chi connectivity index (χ0) is 15.4. The molecule has 3 nitrogen and oxygen atoms in total. The number of benzene rings is 2. The van der Waals surface area contributed by atoms with Gasteiger partial charge in [0.1, 0.15) is 17.4 Å². The van der Waals surface area contributed by atoms with Crippen molar-refractivity contribution in [2.24, 2.45) is 0 Å². The zero-order valence-corrected chi connectivity index (χ0v) is 12.8. The number of rotatable bonds is 4. The molecule has 2 rings (SSSR count). The van der Waals surface area contributed by atoms with E-state index in [0.717, 1.165) is 22.7 Å². The van der Waals surface area contributed by atoms with Gasteiger partial charge in [0.05, 0.1) is 10.7 Å². The summed E-state index contributed by atoms with van der Waals surface area (Å²) in [5.41, 5.74) is -0.246. The molecule has 0 unspecified atom stereocenters. The first-order valence-electron chi connectivity index (χ1n) is 5.78. The fourth-order valence-corrected chi connectivity index (χ4v) is 2.02. The average Bonchev–Trinajstić information content (AvgIpc) is 2.44. The van der Waals surface area contributed by atoms with Crippen LogP contribution < -0.4 is 10.1 Å². The normalized spacial score (nSPS) is 10.3. The second-order valence-corrected chi connectivity index (χ2v) is 5.36. The number of carbonyl (C=O) groups is 1. The van der Waals surface area contributed by atoms with Crippen molar-refractivity contribution in [2.75, 3.05) is 11.9 Å². The third-order valence-corrected chi connectivity index (χ3v) is 3.26. The highest BCUT2D eigenvalue weighted by molar-refractivity contribution is 9.10. The molecule has 0 atom stereocenters. The second kappa shape index (κ2) is 6.87. The van der Waals surface area contributed by atoms with Crippen LogP contribution in [0.1, 0.15) is 0 Å². The molecule has 0 aliphatic heterocycles.